The smallest absolute Gasteiger partial charge is 0.286 e. The van der Waals surface area contributed by atoms with Crippen LogP contribution in [-0.2, 0) is 4.74 Å². The molecule has 1 aliphatic rings. The average Bonchev–Trinajstić information content (AvgIpc) is 1.57. The minimum absolute atomic E-state index is 0.520. The molecule has 0 heterocycles. The Morgan fingerprint density at radius 2 is 1.80 bits per heavy atom. The number of ether oxygens (including phenoxy) is 1. The van der Waals surface area contributed by atoms with Crippen LogP contribution in [0.1, 0.15) is 26.2 Å². The van der Waals surface area contributed by atoms with Crippen LogP contribution in [0.5, 0.6) is 0 Å². The van der Waals surface area contributed by atoms with E-state index in [1.165, 1.54) is 6.92 Å². The van der Waals surface area contributed by atoms with Crippen LogP contribution in [0.25, 0.3) is 0 Å². The highest BCUT2D eigenvalue weighted by molar-refractivity contribution is 4.84. The molecule has 10 heavy (non-hydrogen) atoms. The topological polar surface area (TPSA) is 9.23 Å². The normalized spacial score (nSPS) is 24.0. The first kappa shape index (κ1) is 7.85. The van der Waals surface area contributed by atoms with Gasteiger partial charge >= 0.3 is 6.36 Å². The summed E-state index contributed by atoms with van der Waals surface area (Å²) in [5.41, 5.74) is -0.918. The van der Waals surface area contributed by atoms with Gasteiger partial charge in [-0.2, -0.15) is 0 Å². The Labute approximate surface area is 57.2 Å². The summed E-state index contributed by atoms with van der Waals surface area (Å²) < 4.78 is 38.5. The summed E-state index contributed by atoms with van der Waals surface area (Å²) in [7, 11) is 0. The monoisotopic (exact) mass is 154 g/mol. The van der Waals surface area contributed by atoms with Crippen molar-refractivity contribution in [1.29, 1.82) is 0 Å². The van der Waals surface area contributed by atoms with Crippen molar-refractivity contribution in [1.82, 2.24) is 0 Å². The van der Waals surface area contributed by atoms with Crippen LogP contribution in [-0.4, -0.2) is 12.0 Å². The molecular formula is C6H9F3O. The maximum atomic E-state index is 11.5. The maximum Gasteiger partial charge on any atom is 0.523 e. The van der Waals surface area contributed by atoms with E-state index in [2.05, 4.69) is 4.74 Å². The van der Waals surface area contributed by atoms with Crippen molar-refractivity contribution >= 4 is 0 Å². The number of hydrogen-bond donors (Lipinski definition) is 0. The zero-order valence-corrected chi connectivity index (χ0v) is 5.66. The first-order valence-corrected chi connectivity index (χ1v) is 3.18. The van der Waals surface area contributed by atoms with Gasteiger partial charge in [-0.25, -0.2) is 0 Å². The second-order valence-corrected chi connectivity index (χ2v) is 2.85. The predicted octanol–water partition coefficient (Wildman–Crippen LogP) is 2.47. The predicted molar refractivity (Wildman–Crippen MR) is 29.4 cm³/mol. The molecule has 0 atom stereocenters. The molecule has 60 valence electrons. The van der Waals surface area contributed by atoms with Gasteiger partial charge in [0.1, 0.15) is 0 Å². The van der Waals surface area contributed by atoms with Crippen LogP contribution in [0.15, 0.2) is 0 Å². The van der Waals surface area contributed by atoms with E-state index in [4.69, 9.17) is 0 Å². The zero-order chi connectivity index (χ0) is 7.83. The fourth-order valence-electron chi connectivity index (χ4n) is 1.06. The number of halogens is 3. The summed E-state index contributed by atoms with van der Waals surface area (Å²) in [4.78, 5) is 0. The molecule has 0 spiro atoms. The maximum absolute atomic E-state index is 11.5. The van der Waals surface area contributed by atoms with Gasteiger partial charge in [0.15, 0.2) is 0 Å². The number of hydrogen-bond acceptors (Lipinski definition) is 1. The standard InChI is InChI=1S/C6H9F3O/c1-5(3-2-4-5)10-6(7,8)9/h2-4H2,1H3. The molecule has 0 aromatic heterocycles. The number of rotatable bonds is 1. The molecule has 0 unspecified atom stereocenters. The molecule has 0 saturated heterocycles. The quantitative estimate of drug-likeness (QED) is 0.563. The largest absolute Gasteiger partial charge is 0.523 e. The Kier molecular flexibility index (Phi) is 1.66. The van der Waals surface area contributed by atoms with E-state index in [0.29, 0.717) is 12.8 Å². The van der Waals surface area contributed by atoms with E-state index in [9.17, 15) is 13.2 Å². The highest BCUT2D eigenvalue weighted by atomic mass is 19.4. The lowest BCUT2D eigenvalue weighted by Crippen LogP contribution is -2.41. The van der Waals surface area contributed by atoms with Crippen molar-refractivity contribution in [3.63, 3.8) is 0 Å². The fourth-order valence-corrected chi connectivity index (χ4v) is 1.06. The second kappa shape index (κ2) is 2.12. The molecule has 1 aliphatic carbocycles. The van der Waals surface area contributed by atoms with E-state index in [0.717, 1.165) is 6.42 Å². The lowest BCUT2D eigenvalue weighted by Gasteiger charge is -2.38. The molecule has 0 aromatic carbocycles. The molecule has 0 bridgehead atoms. The molecule has 0 radical (unpaired) electrons. The molecule has 1 nitrogen and oxygen atoms in total. The highest BCUT2D eigenvalue weighted by Gasteiger charge is 2.43. The molecule has 0 N–H and O–H groups in total. The average molecular weight is 154 g/mol. The molecule has 0 aromatic rings. The van der Waals surface area contributed by atoms with Crippen molar-refractivity contribution in [2.75, 3.05) is 0 Å². The summed E-state index contributed by atoms with van der Waals surface area (Å²) in [5, 5.41) is 0. The van der Waals surface area contributed by atoms with Crippen LogP contribution in [0.2, 0.25) is 0 Å². The van der Waals surface area contributed by atoms with Crippen molar-refractivity contribution in [3.8, 4) is 0 Å². The molecule has 1 saturated carbocycles. The highest BCUT2D eigenvalue weighted by Crippen LogP contribution is 2.39. The van der Waals surface area contributed by atoms with Crippen molar-refractivity contribution in [2.24, 2.45) is 0 Å². The van der Waals surface area contributed by atoms with Crippen molar-refractivity contribution < 1.29 is 17.9 Å². The minimum Gasteiger partial charge on any atom is -0.286 e. The minimum atomic E-state index is -4.46. The van der Waals surface area contributed by atoms with Gasteiger partial charge in [-0.15, -0.1) is 13.2 Å². The van der Waals surface area contributed by atoms with Gasteiger partial charge in [-0.3, -0.25) is 4.74 Å². The Hall–Kier alpha value is -0.250. The number of alkyl halides is 3. The van der Waals surface area contributed by atoms with Crippen molar-refractivity contribution in [3.05, 3.63) is 0 Å². The van der Waals surface area contributed by atoms with E-state index < -0.39 is 12.0 Å². The molecule has 1 fully saturated rings. The third-order valence-corrected chi connectivity index (χ3v) is 1.77. The summed E-state index contributed by atoms with van der Waals surface area (Å²) in [5.74, 6) is 0. The van der Waals surface area contributed by atoms with Gasteiger partial charge < -0.3 is 0 Å². The van der Waals surface area contributed by atoms with Crippen LogP contribution in [0, 0.1) is 0 Å². The molecule has 4 heteroatoms. The Morgan fingerprint density at radius 1 is 1.30 bits per heavy atom. The summed E-state index contributed by atoms with van der Waals surface area (Å²) >= 11 is 0. The summed E-state index contributed by atoms with van der Waals surface area (Å²) in [6.45, 7) is 1.49. The van der Waals surface area contributed by atoms with Crippen LogP contribution in [0.3, 0.4) is 0 Å². The van der Waals surface area contributed by atoms with E-state index >= 15 is 0 Å². The van der Waals surface area contributed by atoms with Gasteiger partial charge in [0, 0.05) is 0 Å². The van der Waals surface area contributed by atoms with Gasteiger partial charge in [-0.05, 0) is 26.2 Å². The van der Waals surface area contributed by atoms with Gasteiger partial charge in [-0.1, -0.05) is 0 Å². The zero-order valence-electron chi connectivity index (χ0n) is 5.66. The lowest BCUT2D eigenvalue weighted by molar-refractivity contribution is -0.375. The Morgan fingerprint density at radius 3 is 1.90 bits per heavy atom. The SMILES string of the molecule is CC1(OC(F)(F)F)CCC1. The second-order valence-electron chi connectivity index (χ2n) is 2.85. The first-order chi connectivity index (χ1) is 4.41. The Balaban J connectivity index is 2.37. The van der Waals surface area contributed by atoms with Gasteiger partial charge in [0.05, 0.1) is 5.60 Å². The molecule has 0 aliphatic heterocycles. The molecular weight excluding hydrogens is 145 g/mol. The molecule has 0 amide bonds. The third kappa shape index (κ3) is 1.87. The summed E-state index contributed by atoms with van der Waals surface area (Å²) in [6, 6.07) is 0. The van der Waals surface area contributed by atoms with E-state index in [1.54, 1.807) is 0 Å². The first-order valence-electron chi connectivity index (χ1n) is 3.18. The van der Waals surface area contributed by atoms with Crippen LogP contribution < -0.4 is 0 Å². The lowest BCUT2D eigenvalue weighted by atomic mass is 9.82. The van der Waals surface area contributed by atoms with Crippen molar-refractivity contribution in [2.45, 2.75) is 38.1 Å². The molecule has 1 rings (SSSR count). The Bertz CT molecular complexity index is 125. The third-order valence-electron chi connectivity index (χ3n) is 1.77. The van der Waals surface area contributed by atoms with Gasteiger partial charge in [0.2, 0.25) is 0 Å². The van der Waals surface area contributed by atoms with Crippen LogP contribution in [0.4, 0.5) is 13.2 Å². The summed E-state index contributed by atoms with van der Waals surface area (Å²) in [6.07, 6.45) is -2.58. The van der Waals surface area contributed by atoms with E-state index in [-0.39, 0.29) is 0 Å². The van der Waals surface area contributed by atoms with Gasteiger partial charge in [0.25, 0.3) is 0 Å². The fraction of sp³-hybridized carbons (Fsp3) is 1.00. The van der Waals surface area contributed by atoms with E-state index in [1.807, 2.05) is 0 Å². The van der Waals surface area contributed by atoms with Crippen LogP contribution >= 0.6 is 0 Å².